The summed E-state index contributed by atoms with van der Waals surface area (Å²) in [5.41, 5.74) is 0.0912. The van der Waals surface area contributed by atoms with E-state index in [2.05, 4.69) is 15.0 Å². The van der Waals surface area contributed by atoms with Crippen molar-refractivity contribution in [2.24, 2.45) is 0 Å². The van der Waals surface area contributed by atoms with Gasteiger partial charge in [-0.25, -0.2) is 22.5 Å². The molecular weight excluding hydrogens is 573 g/mol. The number of ether oxygens (including phenoxy) is 2. The van der Waals surface area contributed by atoms with Crippen LogP contribution >= 0.6 is 0 Å². The number of rotatable bonds is 8. The molecule has 12 heteroatoms. The van der Waals surface area contributed by atoms with Gasteiger partial charge in [-0.1, -0.05) is 18.2 Å². The Hall–Kier alpha value is -4.87. The van der Waals surface area contributed by atoms with E-state index in [1.807, 2.05) is 25.1 Å². The number of aromatic amines is 2. The summed E-state index contributed by atoms with van der Waals surface area (Å²) >= 11 is 0. The lowest BCUT2D eigenvalue weighted by atomic mass is 9.74. The minimum atomic E-state index is -3.19. The van der Waals surface area contributed by atoms with Crippen LogP contribution in [0.2, 0.25) is 0 Å². The molecule has 0 radical (unpaired) electrons. The Morgan fingerprint density at radius 2 is 1.95 bits per heavy atom. The van der Waals surface area contributed by atoms with E-state index in [9.17, 15) is 22.4 Å². The first-order valence-electron chi connectivity index (χ1n) is 13.3. The summed E-state index contributed by atoms with van der Waals surface area (Å²) in [4.78, 5) is 21.1. The summed E-state index contributed by atoms with van der Waals surface area (Å²) in [6.07, 6.45) is 0.389. The zero-order valence-electron chi connectivity index (χ0n) is 22.6. The number of halogens is 5. The van der Waals surface area contributed by atoms with E-state index < -0.39 is 52.1 Å². The number of alkyl halides is 2. The normalized spacial score (nSPS) is 16.3. The SMILES string of the molecule is C[C@]1(c2c[nH]c(-c3cc(Oc4c(F)c(F)c5[nH]ccc5c4C(F)F)ccc3F)n2)CCOc2c(CCC(=O)O)cccc21. The second kappa shape index (κ2) is 10.8. The molecule has 43 heavy (non-hydrogen) atoms. The van der Waals surface area contributed by atoms with Crippen molar-refractivity contribution in [3.8, 4) is 28.6 Å². The van der Waals surface area contributed by atoms with Gasteiger partial charge < -0.3 is 24.5 Å². The molecule has 0 spiro atoms. The Bertz CT molecular complexity index is 1870. The van der Waals surface area contributed by atoms with Gasteiger partial charge in [0, 0.05) is 35.2 Å². The molecule has 1 atom stereocenters. The number of nitrogens with one attached hydrogen (secondary N) is 2. The van der Waals surface area contributed by atoms with Crippen molar-refractivity contribution in [1.29, 1.82) is 0 Å². The van der Waals surface area contributed by atoms with Crippen LogP contribution < -0.4 is 9.47 Å². The number of imidazole rings is 1. The molecule has 0 amide bonds. The van der Waals surface area contributed by atoms with Crippen LogP contribution in [0.4, 0.5) is 22.0 Å². The first-order valence-corrected chi connectivity index (χ1v) is 13.3. The topological polar surface area (TPSA) is 100 Å². The first-order chi connectivity index (χ1) is 20.6. The Labute approximate surface area is 241 Å². The first kappa shape index (κ1) is 28.3. The van der Waals surface area contributed by atoms with Gasteiger partial charge in [-0.05, 0) is 49.6 Å². The summed E-state index contributed by atoms with van der Waals surface area (Å²) in [6.45, 7) is 2.29. The molecule has 5 aromatic rings. The van der Waals surface area contributed by atoms with Gasteiger partial charge >= 0.3 is 5.97 Å². The third kappa shape index (κ3) is 4.86. The lowest BCUT2D eigenvalue weighted by Crippen LogP contribution is -2.32. The van der Waals surface area contributed by atoms with E-state index in [0.29, 0.717) is 24.5 Å². The highest BCUT2D eigenvalue weighted by Crippen LogP contribution is 2.46. The quantitative estimate of drug-likeness (QED) is 0.159. The predicted octanol–water partition coefficient (Wildman–Crippen LogP) is 7.81. The number of carboxylic acid groups (broad SMARTS) is 1. The number of fused-ring (bicyclic) bond motifs is 2. The number of aliphatic carboxylic acids is 1. The maximum absolute atomic E-state index is 15.1. The fourth-order valence-corrected chi connectivity index (χ4v) is 5.54. The zero-order chi connectivity index (χ0) is 30.5. The second-order valence-electron chi connectivity index (χ2n) is 10.4. The van der Waals surface area contributed by atoms with Gasteiger partial charge in [0.05, 0.1) is 28.9 Å². The molecule has 3 aromatic carbocycles. The third-order valence-corrected chi connectivity index (χ3v) is 7.82. The van der Waals surface area contributed by atoms with Crippen LogP contribution in [0.3, 0.4) is 0 Å². The van der Waals surface area contributed by atoms with Crippen molar-refractivity contribution in [3.05, 3.63) is 94.7 Å². The summed E-state index contributed by atoms with van der Waals surface area (Å²) in [5.74, 6) is -5.16. The molecular formula is C31H24F5N3O4. The molecule has 1 aliphatic heterocycles. The average Bonchev–Trinajstić information content (AvgIpc) is 3.67. The van der Waals surface area contributed by atoms with E-state index in [1.165, 1.54) is 12.3 Å². The second-order valence-corrected chi connectivity index (χ2v) is 10.4. The van der Waals surface area contributed by atoms with Gasteiger partial charge in [-0.2, -0.15) is 4.39 Å². The Morgan fingerprint density at radius 3 is 2.72 bits per heavy atom. The molecule has 6 rings (SSSR count). The van der Waals surface area contributed by atoms with Gasteiger partial charge in [-0.3, -0.25) is 4.79 Å². The largest absolute Gasteiger partial charge is 0.493 e. The van der Waals surface area contributed by atoms with E-state index >= 15 is 4.39 Å². The third-order valence-electron chi connectivity index (χ3n) is 7.82. The molecule has 1 aliphatic rings. The minimum Gasteiger partial charge on any atom is -0.493 e. The molecule has 0 aliphatic carbocycles. The molecule has 3 N–H and O–H groups in total. The van der Waals surface area contributed by atoms with Gasteiger partial charge in [-0.15, -0.1) is 0 Å². The summed E-state index contributed by atoms with van der Waals surface area (Å²) in [6, 6.07) is 9.98. The number of carboxylic acids is 1. The van der Waals surface area contributed by atoms with Crippen molar-refractivity contribution in [1.82, 2.24) is 15.0 Å². The highest BCUT2D eigenvalue weighted by molar-refractivity contribution is 5.86. The van der Waals surface area contributed by atoms with Crippen LogP contribution in [0.1, 0.15) is 48.6 Å². The number of aryl methyl sites for hydroxylation is 1. The maximum Gasteiger partial charge on any atom is 0.303 e. The Kier molecular flexibility index (Phi) is 7.07. The van der Waals surface area contributed by atoms with Crippen molar-refractivity contribution >= 4 is 16.9 Å². The highest BCUT2D eigenvalue weighted by Gasteiger charge is 2.38. The number of hydrogen-bond donors (Lipinski definition) is 3. The molecule has 0 bridgehead atoms. The van der Waals surface area contributed by atoms with Crippen LogP contribution in [0.15, 0.2) is 54.9 Å². The lowest BCUT2D eigenvalue weighted by molar-refractivity contribution is -0.136. The number of H-pyrrole nitrogens is 2. The van der Waals surface area contributed by atoms with Gasteiger partial charge in [0.2, 0.25) is 5.82 Å². The predicted molar refractivity (Wildman–Crippen MR) is 146 cm³/mol. The lowest BCUT2D eigenvalue weighted by Gasteiger charge is -2.35. The Morgan fingerprint density at radius 1 is 1.14 bits per heavy atom. The number of nitrogens with zero attached hydrogens (tertiary/aromatic N) is 1. The summed E-state index contributed by atoms with van der Waals surface area (Å²) in [7, 11) is 0. The zero-order valence-corrected chi connectivity index (χ0v) is 22.6. The molecule has 3 heterocycles. The van der Waals surface area contributed by atoms with Crippen molar-refractivity contribution in [3.63, 3.8) is 0 Å². The molecule has 0 saturated heterocycles. The summed E-state index contributed by atoms with van der Waals surface area (Å²) < 4.78 is 84.0. The fourth-order valence-electron chi connectivity index (χ4n) is 5.54. The van der Waals surface area contributed by atoms with Gasteiger partial charge in [0.1, 0.15) is 23.1 Å². The van der Waals surface area contributed by atoms with Gasteiger partial charge in [0.25, 0.3) is 6.43 Å². The molecule has 2 aromatic heterocycles. The van der Waals surface area contributed by atoms with Crippen molar-refractivity contribution in [2.45, 2.75) is 38.0 Å². The number of hydrogen-bond acceptors (Lipinski definition) is 4. The number of aromatic nitrogens is 3. The van der Waals surface area contributed by atoms with Crippen LogP contribution in [0.25, 0.3) is 22.3 Å². The molecule has 7 nitrogen and oxygen atoms in total. The Balaban J connectivity index is 1.36. The standard InChI is InChI=1S/C31H24F5N3O4/c1-31(10-12-42-27-15(5-8-22(40)41)3-2-4-19(27)31)21-14-38-30(39-21)18-13-16(6-7-20(18)32)43-28-23(29(35)36)17-9-11-37-26(17)24(33)25(28)34/h2-4,6-7,9,11,13-14,29,37H,5,8,10,12H2,1H3,(H,38,39)(H,40,41)/t31-/m0/s1. The molecule has 0 saturated carbocycles. The van der Waals surface area contributed by atoms with Crippen molar-refractivity contribution in [2.75, 3.05) is 6.61 Å². The van der Waals surface area contributed by atoms with E-state index in [4.69, 9.17) is 14.6 Å². The van der Waals surface area contributed by atoms with E-state index in [-0.39, 0.29) is 35.4 Å². The maximum atomic E-state index is 15.1. The highest BCUT2D eigenvalue weighted by atomic mass is 19.3. The van der Waals surface area contributed by atoms with Crippen LogP contribution in [-0.2, 0) is 16.6 Å². The molecule has 0 fully saturated rings. The minimum absolute atomic E-state index is 0.0604. The number of carbonyl (C=O) groups is 1. The van der Waals surface area contributed by atoms with Crippen LogP contribution in [0, 0.1) is 17.5 Å². The van der Waals surface area contributed by atoms with Crippen LogP contribution in [0.5, 0.6) is 17.2 Å². The van der Waals surface area contributed by atoms with E-state index in [1.54, 1.807) is 6.20 Å². The van der Waals surface area contributed by atoms with Gasteiger partial charge in [0.15, 0.2) is 11.6 Å². The molecule has 0 unspecified atom stereocenters. The summed E-state index contributed by atoms with van der Waals surface area (Å²) in [5, 5.41) is 8.89. The monoisotopic (exact) mass is 597 g/mol. The number of benzene rings is 3. The van der Waals surface area contributed by atoms with E-state index in [0.717, 1.165) is 29.3 Å². The molecule has 222 valence electrons. The van der Waals surface area contributed by atoms with Crippen LogP contribution in [-0.4, -0.2) is 32.6 Å². The fraction of sp³-hybridized carbons (Fsp3) is 0.226. The smallest absolute Gasteiger partial charge is 0.303 e. The van der Waals surface area contributed by atoms with Crippen molar-refractivity contribution < 1.29 is 41.3 Å². The average molecular weight is 598 g/mol. The number of para-hydroxylation sites is 1.